The molecule has 1 rings (SSSR count). The lowest BCUT2D eigenvalue weighted by atomic mass is 10.2. The Bertz CT molecular complexity index is 257. The zero-order chi connectivity index (χ0) is 8.97. The zero-order valence-electron chi connectivity index (χ0n) is 6.85. The first-order chi connectivity index (χ1) is 5.77. The van der Waals surface area contributed by atoms with Crippen LogP contribution in [0.2, 0.25) is 0 Å². The lowest BCUT2D eigenvalue weighted by Crippen LogP contribution is -2.10. The Hall–Kier alpha value is -1.13. The van der Waals surface area contributed by atoms with Crippen molar-refractivity contribution in [3.8, 4) is 0 Å². The summed E-state index contributed by atoms with van der Waals surface area (Å²) in [4.78, 5) is 0. The average molecular weight is 167 g/mol. The molecule has 1 heterocycles. The standard InChI is InChI=1S/C8H13N3O/c1-2-3-11-6-7(5-10-11)8(12)4-9/h2,5-6,8,12H,1,3-4,9H2. The van der Waals surface area contributed by atoms with Crippen LogP contribution in [0.4, 0.5) is 0 Å². The van der Waals surface area contributed by atoms with E-state index in [1.54, 1.807) is 23.2 Å². The van der Waals surface area contributed by atoms with Crippen LogP contribution in [0.1, 0.15) is 11.7 Å². The van der Waals surface area contributed by atoms with Crippen molar-refractivity contribution >= 4 is 0 Å². The number of hydrogen-bond donors (Lipinski definition) is 2. The summed E-state index contributed by atoms with van der Waals surface area (Å²) in [7, 11) is 0. The SMILES string of the molecule is C=CCn1cc(C(O)CN)cn1. The molecular formula is C8H13N3O. The number of nitrogens with two attached hydrogens (primary N) is 1. The summed E-state index contributed by atoms with van der Waals surface area (Å²) >= 11 is 0. The molecule has 4 heteroatoms. The van der Waals surface area contributed by atoms with E-state index in [1.807, 2.05) is 0 Å². The number of aliphatic hydroxyl groups excluding tert-OH is 1. The van der Waals surface area contributed by atoms with E-state index in [9.17, 15) is 5.11 Å². The summed E-state index contributed by atoms with van der Waals surface area (Å²) in [5.74, 6) is 0. The number of allylic oxidation sites excluding steroid dienone is 1. The fraction of sp³-hybridized carbons (Fsp3) is 0.375. The second kappa shape index (κ2) is 4.04. The molecule has 0 fully saturated rings. The van der Waals surface area contributed by atoms with Crippen LogP contribution in [-0.4, -0.2) is 21.4 Å². The molecule has 0 saturated heterocycles. The van der Waals surface area contributed by atoms with Gasteiger partial charge in [0.15, 0.2) is 0 Å². The van der Waals surface area contributed by atoms with Gasteiger partial charge < -0.3 is 10.8 Å². The number of nitrogens with zero attached hydrogens (tertiary/aromatic N) is 2. The smallest absolute Gasteiger partial charge is 0.0942 e. The Morgan fingerprint density at radius 3 is 3.17 bits per heavy atom. The van der Waals surface area contributed by atoms with Crippen molar-refractivity contribution in [2.24, 2.45) is 5.73 Å². The third-order valence-corrected chi connectivity index (χ3v) is 1.58. The summed E-state index contributed by atoms with van der Waals surface area (Å²) in [6, 6.07) is 0. The molecule has 1 unspecified atom stereocenters. The van der Waals surface area contributed by atoms with Crippen molar-refractivity contribution in [1.82, 2.24) is 9.78 Å². The minimum atomic E-state index is -0.608. The molecule has 0 aromatic carbocycles. The van der Waals surface area contributed by atoms with Crippen molar-refractivity contribution in [2.45, 2.75) is 12.6 Å². The van der Waals surface area contributed by atoms with E-state index in [0.29, 0.717) is 6.54 Å². The normalized spacial score (nSPS) is 12.8. The fourth-order valence-corrected chi connectivity index (χ4v) is 0.920. The molecular weight excluding hydrogens is 154 g/mol. The molecule has 0 aliphatic heterocycles. The van der Waals surface area contributed by atoms with Crippen LogP contribution >= 0.6 is 0 Å². The van der Waals surface area contributed by atoms with Gasteiger partial charge in [0.2, 0.25) is 0 Å². The quantitative estimate of drug-likeness (QED) is 0.623. The maximum absolute atomic E-state index is 9.31. The number of hydrogen-bond acceptors (Lipinski definition) is 3. The van der Waals surface area contributed by atoms with Gasteiger partial charge in [-0.2, -0.15) is 5.10 Å². The van der Waals surface area contributed by atoms with Crippen LogP contribution in [-0.2, 0) is 6.54 Å². The molecule has 4 nitrogen and oxygen atoms in total. The second-order valence-electron chi connectivity index (χ2n) is 2.54. The number of aromatic nitrogens is 2. The van der Waals surface area contributed by atoms with E-state index in [4.69, 9.17) is 5.73 Å². The van der Waals surface area contributed by atoms with E-state index in [-0.39, 0.29) is 6.54 Å². The summed E-state index contributed by atoms with van der Waals surface area (Å²) in [6.45, 7) is 4.45. The molecule has 66 valence electrons. The van der Waals surface area contributed by atoms with Crippen molar-refractivity contribution in [3.63, 3.8) is 0 Å². The first-order valence-electron chi connectivity index (χ1n) is 3.79. The fourth-order valence-electron chi connectivity index (χ4n) is 0.920. The summed E-state index contributed by atoms with van der Waals surface area (Å²) in [6.07, 6.45) is 4.51. The number of aliphatic hydroxyl groups is 1. The maximum atomic E-state index is 9.31. The Morgan fingerprint density at radius 2 is 2.58 bits per heavy atom. The minimum Gasteiger partial charge on any atom is -0.387 e. The molecule has 0 bridgehead atoms. The molecule has 1 aromatic rings. The number of rotatable bonds is 4. The molecule has 1 atom stereocenters. The van der Waals surface area contributed by atoms with Crippen molar-refractivity contribution in [2.75, 3.05) is 6.54 Å². The molecule has 1 aromatic heterocycles. The molecule has 0 amide bonds. The van der Waals surface area contributed by atoms with Crippen LogP contribution in [0.15, 0.2) is 25.0 Å². The van der Waals surface area contributed by atoms with Crippen LogP contribution in [0, 0.1) is 0 Å². The van der Waals surface area contributed by atoms with Gasteiger partial charge in [-0.05, 0) is 0 Å². The van der Waals surface area contributed by atoms with Gasteiger partial charge in [0.25, 0.3) is 0 Å². The highest BCUT2D eigenvalue weighted by atomic mass is 16.3. The molecule has 0 saturated carbocycles. The Morgan fingerprint density at radius 1 is 1.83 bits per heavy atom. The van der Waals surface area contributed by atoms with E-state index < -0.39 is 6.10 Å². The Balaban J connectivity index is 2.69. The third-order valence-electron chi connectivity index (χ3n) is 1.58. The highest BCUT2D eigenvalue weighted by Crippen LogP contribution is 2.08. The highest BCUT2D eigenvalue weighted by Gasteiger charge is 2.06. The summed E-state index contributed by atoms with van der Waals surface area (Å²) in [5.41, 5.74) is 6.03. The summed E-state index contributed by atoms with van der Waals surface area (Å²) < 4.78 is 1.70. The third kappa shape index (κ3) is 1.93. The Kier molecular flexibility index (Phi) is 3.01. The highest BCUT2D eigenvalue weighted by molar-refractivity contribution is 5.08. The van der Waals surface area contributed by atoms with Crippen LogP contribution in [0.3, 0.4) is 0 Å². The van der Waals surface area contributed by atoms with Crippen LogP contribution in [0.25, 0.3) is 0 Å². The van der Waals surface area contributed by atoms with Gasteiger partial charge in [-0.1, -0.05) is 6.08 Å². The van der Waals surface area contributed by atoms with Gasteiger partial charge in [-0.15, -0.1) is 6.58 Å². The molecule has 0 aliphatic carbocycles. The van der Waals surface area contributed by atoms with E-state index in [2.05, 4.69) is 11.7 Å². The van der Waals surface area contributed by atoms with Gasteiger partial charge in [-0.3, -0.25) is 4.68 Å². The molecule has 0 spiro atoms. The molecule has 3 N–H and O–H groups in total. The van der Waals surface area contributed by atoms with Crippen molar-refractivity contribution < 1.29 is 5.11 Å². The van der Waals surface area contributed by atoms with Crippen molar-refractivity contribution in [3.05, 3.63) is 30.6 Å². The van der Waals surface area contributed by atoms with Gasteiger partial charge >= 0.3 is 0 Å². The lowest BCUT2D eigenvalue weighted by molar-refractivity contribution is 0.186. The van der Waals surface area contributed by atoms with Gasteiger partial charge in [0, 0.05) is 18.3 Å². The predicted octanol–water partition coefficient (Wildman–Crippen LogP) is 0.0612. The minimum absolute atomic E-state index is 0.222. The predicted molar refractivity (Wildman–Crippen MR) is 46.4 cm³/mol. The van der Waals surface area contributed by atoms with Crippen LogP contribution in [0.5, 0.6) is 0 Å². The van der Waals surface area contributed by atoms with E-state index >= 15 is 0 Å². The summed E-state index contributed by atoms with van der Waals surface area (Å²) in [5, 5.41) is 13.3. The topological polar surface area (TPSA) is 64.1 Å². The lowest BCUT2D eigenvalue weighted by Gasteiger charge is -2.01. The van der Waals surface area contributed by atoms with E-state index in [0.717, 1.165) is 5.56 Å². The van der Waals surface area contributed by atoms with Gasteiger partial charge in [0.05, 0.1) is 18.8 Å². The molecule has 0 aliphatic rings. The van der Waals surface area contributed by atoms with E-state index in [1.165, 1.54) is 0 Å². The first kappa shape index (κ1) is 8.96. The zero-order valence-corrected chi connectivity index (χ0v) is 6.85. The molecule has 0 radical (unpaired) electrons. The second-order valence-corrected chi connectivity index (χ2v) is 2.54. The maximum Gasteiger partial charge on any atom is 0.0942 e. The first-order valence-corrected chi connectivity index (χ1v) is 3.79. The molecule has 12 heavy (non-hydrogen) atoms. The largest absolute Gasteiger partial charge is 0.387 e. The van der Waals surface area contributed by atoms with Gasteiger partial charge in [0.1, 0.15) is 0 Å². The average Bonchev–Trinajstić information content (AvgIpc) is 2.52. The Labute approximate surface area is 71.3 Å². The van der Waals surface area contributed by atoms with Gasteiger partial charge in [-0.25, -0.2) is 0 Å². The monoisotopic (exact) mass is 167 g/mol. The van der Waals surface area contributed by atoms with Crippen LogP contribution < -0.4 is 5.73 Å². The van der Waals surface area contributed by atoms with Crippen molar-refractivity contribution in [1.29, 1.82) is 0 Å².